The molecule has 0 saturated heterocycles. The number of nitrogens with two attached hydrogens (primary N) is 1. The molecule has 1 unspecified atom stereocenters. The number of amidine groups is 1. The molecule has 0 saturated carbocycles. The summed E-state index contributed by atoms with van der Waals surface area (Å²) in [7, 11) is 1.18. The Morgan fingerprint density at radius 1 is 1.05 bits per heavy atom. The first-order valence-corrected chi connectivity index (χ1v) is 11.3. The number of nitrogens with one attached hydrogen (secondary N) is 3. The largest absolute Gasteiger partial charge is 0.469 e. The van der Waals surface area contributed by atoms with Crippen LogP contribution in [0.25, 0.3) is 16.8 Å². The Kier molecular flexibility index (Phi) is 7.22. The lowest BCUT2D eigenvalue weighted by Crippen LogP contribution is -2.45. The molecule has 0 fully saturated rings. The minimum Gasteiger partial charge on any atom is -0.469 e. The van der Waals surface area contributed by atoms with E-state index in [1.165, 1.54) is 55.7 Å². The highest BCUT2D eigenvalue weighted by Gasteiger charge is 2.45. The molecule has 3 aromatic carbocycles. The van der Waals surface area contributed by atoms with Gasteiger partial charge in [0.15, 0.2) is 0 Å². The molecular weight excluding hydrogens is 501 g/mol. The average Bonchev–Trinajstić information content (AvgIpc) is 3.34. The van der Waals surface area contributed by atoms with Gasteiger partial charge in [0, 0.05) is 16.8 Å². The van der Waals surface area contributed by atoms with Crippen LogP contribution in [0.5, 0.6) is 0 Å². The summed E-state index contributed by atoms with van der Waals surface area (Å²) in [5.74, 6) is -1.57. The van der Waals surface area contributed by atoms with Crippen molar-refractivity contribution in [2.45, 2.75) is 18.2 Å². The predicted molar refractivity (Wildman–Crippen MR) is 135 cm³/mol. The van der Waals surface area contributed by atoms with Crippen molar-refractivity contribution in [3.05, 3.63) is 95.6 Å². The molecule has 0 aliphatic carbocycles. The summed E-state index contributed by atoms with van der Waals surface area (Å²) >= 11 is 0. The quantitative estimate of drug-likeness (QED) is 0.205. The summed E-state index contributed by atoms with van der Waals surface area (Å²) in [6.45, 7) is 0. The molecule has 3 aromatic rings. The first-order chi connectivity index (χ1) is 18.0. The van der Waals surface area contributed by atoms with Crippen molar-refractivity contribution in [1.29, 1.82) is 5.41 Å². The van der Waals surface area contributed by atoms with E-state index in [4.69, 9.17) is 20.7 Å². The number of anilines is 1. The molecule has 11 heteroatoms. The second-order valence-corrected chi connectivity index (χ2v) is 8.47. The molecular formula is C27H23F3N4O4. The highest BCUT2D eigenvalue weighted by atomic mass is 19.4. The van der Waals surface area contributed by atoms with Crippen molar-refractivity contribution in [2.75, 3.05) is 12.4 Å². The first-order valence-electron chi connectivity index (χ1n) is 11.3. The molecule has 196 valence electrons. The van der Waals surface area contributed by atoms with E-state index in [1.54, 1.807) is 24.3 Å². The number of halogens is 3. The maximum atomic E-state index is 13.4. The highest BCUT2D eigenvalue weighted by Crippen LogP contribution is 2.37. The fraction of sp³-hybridized carbons (Fsp3) is 0.148. The van der Waals surface area contributed by atoms with Crippen molar-refractivity contribution >= 4 is 29.1 Å². The van der Waals surface area contributed by atoms with Crippen molar-refractivity contribution in [1.82, 2.24) is 5.48 Å². The Morgan fingerprint density at radius 3 is 2.42 bits per heavy atom. The second-order valence-electron chi connectivity index (χ2n) is 8.47. The molecule has 1 aliphatic heterocycles. The zero-order valence-electron chi connectivity index (χ0n) is 20.1. The van der Waals surface area contributed by atoms with Crippen LogP contribution in [0.3, 0.4) is 0 Å². The Bertz CT molecular complexity index is 1420. The van der Waals surface area contributed by atoms with Gasteiger partial charge in [-0.3, -0.25) is 25.3 Å². The molecule has 4 rings (SSSR count). The number of benzene rings is 3. The number of alkyl halides is 3. The predicted octanol–water partition coefficient (Wildman–Crippen LogP) is 4.47. The molecule has 1 heterocycles. The standard InChI is InChI=1S/C27H23F3N4O4/c1-37-23(35)15-26(14-22(34-38-26)17-5-4-6-18(13-17)24(31)32)25(36)33-19-11-9-16(10-12-19)20-7-2-3-8-21(20)27(28,29)30/h2-14,34H,15H2,1H3,(H3,31,32)(H,33,36). The minimum atomic E-state index is -4.52. The van der Waals surface area contributed by atoms with Gasteiger partial charge in [0.25, 0.3) is 5.91 Å². The van der Waals surface area contributed by atoms with E-state index in [1.807, 2.05) is 0 Å². The highest BCUT2D eigenvalue weighted by molar-refractivity contribution is 6.03. The average molecular weight is 524 g/mol. The van der Waals surface area contributed by atoms with Gasteiger partial charge >= 0.3 is 12.1 Å². The van der Waals surface area contributed by atoms with Crippen LogP contribution in [0.2, 0.25) is 0 Å². The van der Waals surface area contributed by atoms with Crippen LogP contribution in [0.1, 0.15) is 23.1 Å². The number of esters is 1. The monoisotopic (exact) mass is 524 g/mol. The number of rotatable bonds is 7. The topological polar surface area (TPSA) is 127 Å². The Balaban J connectivity index is 1.61. The third-order valence-electron chi connectivity index (χ3n) is 5.91. The van der Waals surface area contributed by atoms with Gasteiger partial charge in [-0.2, -0.15) is 13.2 Å². The van der Waals surface area contributed by atoms with Gasteiger partial charge in [0.05, 0.1) is 24.8 Å². The normalized spacial score (nSPS) is 16.8. The summed E-state index contributed by atoms with van der Waals surface area (Å²) in [5.41, 5.74) is 7.61. The lowest BCUT2D eigenvalue weighted by molar-refractivity contribution is -0.154. The lowest BCUT2D eigenvalue weighted by atomic mass is 9.95. The van der Waals surface area contributed by atoms with Crippen LogP contribution in [-0.2, 0) is 25.3 Å². The zero-order valence-corrected chi connectivity index (χ0v) is 20.1. The Hall–Kier alpha value is -4.64. The number of amides is 1. The minimum absolute atomic E-state index is 0.00345. The molecule has 1 aliphatic rings. The van der Waals surface area contributed by atoms with Crippen LogP contribution in [0.15, 0.2) is 78.9 Å². The fourth-order valence-corrected chi connectivity index (χ4v) is 3.95. The third kappa shape index (κ3) is 5.52. The van der Waals surface area contributed by atoms with E-state index in [0.29, 0.717) is 22.4 Å². The van der Waals surface area contributed by atoms with Crippen LogP contribution in [-0.4, -0.2) is 30.4 Å². The third-order valence-corrected chi connectivity index (χ3v) is 5.91. The van der Waals surface area contributed by atoms with E-state index in [9.17, 15) is 22.8 Å². The van der Waals surface area contributed by atoms with Gasteiger partial charge in [-0.05, 0) is 41.5 Å². The number of ether oxygens (including phenoxy) is 1. The maximum absolute atomic E-state index is 13.4. The van der Waals surface area contributed by atoms with E-state index >= 15 is 0 Å². The van der Waals surface area contributed by atoms with Gasteiger partial charge in [-0.25, -0.2) is 0 Å². The van der Waals surface area contributed by atoms with Crippen molar-refractivity contribution in [2.24, 2.45) is 5.73 Å². The SMILES string of the molecule is COC(=O)CC1(C(=O)Nc2ccc(-c3ccccc3C(F)(F)F)cc2)C=C(c2cccc(C(=N)N)c2)NO1. The van der Waals surface area contributed by atoms with Crippen LogP contribution in [0.4, 0.5) is 18.9 Å². The summed E-state index contributed by atoms with van der Waals surface area (Å²) in [6.07, 6.45) is -3.56. The molecule has 0 aromatic heterocycles. The van der Waals surface area contributed by atoms with E-state index in [2.05, 4.69) is 10.8 Å². The fourth-order valence-electron chi connectivity index (χ4n) is 3.95. The molecule has 1 atom stereocenters. The van der Waals surface area contributed by atoms with E-state index in [-0.39, 0.29) is 17.1 Å². The molecule has 38 heavy (non-hydrogen) atoms. The Labute approximate surface area is 215 Å². The molecule has 0 radical (unpaired) electrons. The van der Waals surface area contributed by atoms with Crippen molar-refractivity contribution in [3.63, 3.8) is 0 Å². The number of methoxy groups -OCH3 is 1. The van der Waals surface area contributed by atoms with Gasteiger partial charge in [-0.1, -0.05) is 48.5 Å². The molecule has 1 amide bonds. The lowest BCUT2D eigenvalue weighted by Gasteiger charge is -2.23. The number of hydrogen-bond donors (Lipinski definition) is 4. The second kappa shape index (κ2) is 10.4. The summed E-state index contributed by atoms with van der Waals surface area (Å²) in [6, 6.07) is 17.7. The van der Waals surface area contributed by atoms with E-state index < -0.39 is 35.6 Å². The zero-order chi connectivity index (χ0) is 27.5. The van der Waals surface area contributed by atoms with Gasteiger partial charge in [-0.15, -0.1) is 0 Å². The summed E-state index contributed by atoms with van der Waals surface area (Å²) < 4.78 is 45.0. The number of hydroxylamine groups is 1. The molecule has 0 bridgehead atoms. The molecule has 0 spiro atoms. The smallest absolute Gasteiger partial charge is 0.417 e. The van der Waals surface area contributed by atoms with Gasteiger partial charge < -0.3 is 15.8 Å². The summed E-state index contributed by atoms with van der Waals surface area (Å²) in [4.78, 5) is 31.1. The van der Waals surface area contributed by atoms with Crippen LogP contribution in [0, 0.1) is 5.41 Å². The number of carbonyl (C=O) groups is 2. The molecule has 5 N–H and O–H groups in total. The van der Waals surface area contributed by atoms with Gasteiger partial charge in [0.2, 0.25) is 5.60 Å². The van der Waals surface area contributed by atoms with Crippen LogP contribution < -0.4 is 16.5 Å². The maximum Gasteiger partial charge on any atom is 0.417 e. The number of carbonyl (C=O) groups excluding carboxylic acids is 2. The van der Waals surface area contributed by atoms with Crippen molar-refractivity contribution < 1.29 is 32.3 Å². The van der Waals surface area contributed by atoms with Crippen LogP contribution >= 0.6 is 0 Å². The molecule has 8 nitrogen and oxygen atoms in total. The summed E-state index contributed by atoms with van der Waals surface area (Å²) in [5, 5.41) is 10.3. The van der Waals surface area contributed by atoms with Crippen molar-refractivity contribution in [3.8, 4) is 11.1 Å². The van der Waals surface area contributed by atoms with E-state index in [0.717, 1.165) is 6.07 Å². The number of nitrogen functional groups attached to an aromatic ring is 1. The Morgan fingerprint density at radius 2 is 1.76 bits per heavy atom. The first kappa shape index (κ1) is 26.4. The number of hydrogen-bond acceptors (Lipinski definition) is 6. The van der Waals surface area contributed by atoms with Gasteiger partial charge in [0.1, 0.15) is 5.84 Å².